The number of esters is 8. The Kier molecular flexibility index (Phi) is 54.6. The Morgan fingerprint density at radius 2 is 0.857 bits per heavy atom. The zero-order valence-corrected chi connectivity index (χ0v) is 66.5. The molecule has 0 unspecified atom stereocenters. The SMILES string of the molecule is COC(=O)CC[C@H](NC(=O)OC(C)(C)C)C(=O)OC.COC(=O)[C@@H](CCC#N)C[C@H](NC(=O)OC(C)(C)C)C(=O)OC.COC(=O)[C@@H](CCCN)C[C@H](NC(=O)OC(C)(C)C)C(=O)OC.COC(=O)[C@@H](N)C[C@@H]1CCCCC1=O.COC(=O)[C@H](C[C@@H]1CCCNC1=O)NC(=O)OC(C)(C)C.N#CCCBr. The summed E-state index contributed by atoms with van der Waals surface area (Å²) in [6, 6.07) is -0.656. The topological polar surface area (TPSA) is 510 Å². The number of nitrogens with one attached hydrogen (secondary N) is 5. The second-order valence-corrected chi connectivity index (χ2v) is 28.1. The van der Waals surface area contributed by atoms with Crippen LogP contribution in [0.4, 0.5) is 19.2 Å². The van der Waals surface area contributed by atoms with Crippen LogP contribution in [-0.4, -0.2) is 212 Å². The number of amides is 5. The first-order chi connectivity index (χ1) is 48.8. The third-order valence-corrected chi connectivity index (χ3v) is 14.3. The molecular weight excluding hydrogens is 1450 g/mol. The van der Waals surface area contributed by atoms with Crippen LogP contribution in [0.3, 0.4) is 0 Å². The largest absolute Gasteiger partial charge is 0.469 e. The van der Waals surface area contributed by atoms with E-state index in [0.29, 0.717) is 51.6 Å². The van der Waals surface area contributed by atoms with E-state index >= 15 is 0 Å². The van der Waals surface area contributed by atoms with E-state index in [0.717, 1.165) is 31.0 Å². The number of Topliss-reactive ketones (excluding diaryl/α,β-unsaturated/α-hetero) is 1. The number of alkyl carbamates (subject to hydrolysis) is 4. The fraction of sp³-hybridized carbons (Fsp3) is 0.768. The van der Waals surface area contributed by atoms with Gasteiger partial charge in [0.2, 0.25) is 5.91 Å². The summed E-state index contributed by atoms with van der Waals surface area (Å²) >= 11 is 3.09. The first kappa shape index (κ1) is 103. The first-order valence-corrected chi connectivity index (χ1v) is 35.0. The minimum absolute atomic E-state index is 0.00787. The van der Waals surface area contributed by atoms with Crippen LogP contribution >= 0.6 is 15.9 Å². The maximum Gasteiger partial charge on any atom is 0.408 e. The van der Waals surface area contributed by atoms with Gasteiger partial charge in [-0.05, 0) is 167 Å². The number of nitriles is 2. The van der Waals surface area contributed by atoms with Gasteiger partial charge in [-0.15, -0.1) is 0 Å². The number of carbonyl (C=O) groups excluding carboxylic acids is 14. The van der Waals surface area contributed by atoms with Crippen LogP contribution in [0.15, 0.2) is 0 Å². The summed E-state index contributed by atoms with van der Waals surface area (Å²) in [5.41, 5.74) is 8.28. The normalized spacial score (nSPS) is 15.7. The van der Waals surface area contributed by atoms with Gasteiger partial charge in [-0.3, -0.25) is 28.8 Å². The van der Waals surface area contributed by atoms with Gasteiger partial charge >= 0.3 is 72.1 Å². The van der Waals surface area contributed by atoms with Crippen molar-refractivity contribution in [3.05, 3.63) is 0 Å². The highest BCUT2D eigenvalue weighted by atomic mass is 79.9. The van der Waals surface area contributed by atoms with Crippen molar-refractivity contribution in [2.45, 2.75) is 245 Å². The van der Waals surface area contributed by atoms with Crippen molar-refractivity contribution in [1.82, 2.24) is 26.6 Å². The molecule has 0 bridgehead atoms. The highest BCUT2D eigenvalue weighted by Crippen LogP contribution is 2.25. The van der Waals surface area contributed by atoms with Crippen molar-refractivity contribution in [2.24, 2.45) is 35.1 Å². The molecule has 35 nitrogen and oxygen atoms in total. The molecular formula is C69H118BrN9O26. The van der Waals surface area contributed by atoms with Gasteiger partial charge < -0.3 is 94.9 Å². The number of alkyl halides is 1. The predicted molar refractivity (Wildman–Crippen MR) is 381 cm³/mol. The van der Waals surface area contributed by atoms with Gasteiger partial charge in [0.1, 0.15) is 58.4 Å². The third kappa shape index (κ3) is 53.7. The molecule has 5 amide bonds. The Hall–Kier alpha value is -8.64. The highest BCUT2D eigenvalue weighted by Gasteiger charge is 2.36. The number of nitrogens with zero attached hydrogens (tertiary/aromatic N) is 2. The summed E-state index contributed by atoms with van der Waals surface area (Å²) in [5, 5.41) is 29.6. The molecule has 1 aliphatic heterocycles. The number of nitrogens with two attached hydrogens (primary N) is 2. The molecule has 1 saturated carbocycles. The molecule has 2 aliphatic rings. The lowest BCUT2D eigenvalue weighted by molar-refractivity contribution is -0.149. The number of rotatable bonds is 28. The van der Waals surface area contributed by atoms with Crippen molar-refractivity contribution < 1.29 is 124 Å². The van der Waals surface area contributed by atoms with E-state index in [-0.39, 0.29) is 68.5 Å². The second kappa shape index (κ2) is 55.8. The van der Waals surface area contributed by atoms with Gasteiger partial charge in [0, 0.05) is 49.4 Å². The zero-order chi connectivity index (χ0) is 81.9. The summed E-state index contributed by atoms with van der Waals surface area (Å²) in [4.78, 5) is 163. The van der Waals surface area contributed by atoms with Gasteiger partial charge in [-0.2, -0.15) is 10.5 Å². The average molecular weight is 1570 g/mol. The zero-order valence-electron chi connectivity index (χ0n) is 64.9. The molecule has 1 saturated heterocycles. The fourth-order valence-electron chi connectivity index (χ4n) is 9.04. The number of methoxy groups -OCH3 is 8. The number of piperidine rings is 1. The van der Waals surface area contributed by atoms with Crippen molar-refractivity contribution in [3.63, 3.8) is 0 Å². The summed E-state index contributed by atoms with van der Waals surface area (Å²) in [6.07, 6.45) is 4.82. The van der Waals surface area contributed by atoms with E-state index in [4.69, 9.17) is 45.7 Å². The van der Waals surface area contributed by atoms with Gasteiger partial charge in [-0.1, -0.05) is 22.4 Å². The molecule has 0 aromatic rings. The molecule has 105 heavy (non-hydrogen) atoms. The van der Waals surface area contributed by atoms with Crippen LogP contribution < -0.4 is 38.1 Å². The molecule has 36 heteroatoms. The van der Waals surface area contributed by atoms with Gasteiger partial charge in [0.05, 0.1) is 80.9 Å². The highest BCUT2D eigenvalue weighted by molar-refractivity contribution is 9.09. The number of halogens is 1. The molecule has 2 rings (SSSR count). The number of hydrogen-bond donors (Lipinski definition) is 7. The molecule has 0 aromatic carbocycles. The van der Waals surface area contributed by atoms with Gasteiger partial charge in [0.15, 0.2) is 0 Å². The van der Waals surface area contributed by atoms with Gasteiger partial charge in [-0.25, -0.2) is 38.4 Å². The number of hydrogen-bond acceptors (Lipinski definition) is 30. The average Bonchev–Trinajstić information content (AvgIpc) is 0.881. The molecule has 9 atom stereocenters. The van der Waals surface area contributed by atoms with E-state index in [1.54, 1.807) is 83.1 Å². The van der Waals surface area contributed by atoms with E-state index in [2.05, 4.69) is 75.7 Å². The van der Waals surface area contributed by atoms with Crippen molar-refractivity contribution in [1.29, 1.82) is 10.5 Å². The van der Waals surface area contributed by atoms with E-state index < -0.39 is 137 Å². The molecule has 9 N–H and O–H groups in total. The maximum absolute atomic E-state index is 11.9. The molecule has 1 aliphatic carbocycles. The first-order valence-electron chi connectivity index (χ1n) is 33.9. The van der Waals surface area contributed by atoms with Crippen molar-refractivity contribution >= 4 is 99.7 Å². The third-order valence-electron chi connectivity index (χ3n) is 13.9. The van der Waals surface area contributed by atoms with Crippen LogP contribution in [0.25, 0.3) is 0 Å². The minimum atomic E-state index is -1.07. The van der Waals surface area contributed by atoms with Crippen molar-refractivity contribution in [2.75, 3.05) is 75.3 Å². The lowest BCUT2D eigenvalue weighted by Gasteiger charge is -2.26. The fourth-order valence-corrected chi connectivity index (χ4v) is 9.22. The van der Waals surface area contributed by atoms with Crippen LogP contribution in [0, 0.1) is 46.3 Å². The molecule has 0 spiro atoms. The Balaban J connectivity index is -0.000000601. The smallest absolute Gasteiger partial charge is 0.408 e. The van der Waals surface area contributed by atoms with Crippen LogP contribution in [0.5, 0.6) is 0 Å². The Morgan fingerprint density at radius 1 is 0.486 bits per heavy atom. The number of carbonyl (C=O) groups is 14. The maximum atomic E-state index is 11.9. The minimum Gasteiger partial charge on any atom is -0.469 e. The van der Waals surface area contributed by atoms with E-state index in [1.807, 2.05) is 12.1 Å². The Morgan fingerprint density at radius 3 is 1.20 bits per heavy atom. The molecule has 602 valence electrons. The number of ketones is 1. The predicted octanol–water partition coefficient (Wildman–Crippen LogP) is 6.41. The van der Waals surface area contributed by atoms with E-state index in [1.165, 1.54) is 56.9 Å². The monoisotopic (exact) mass is 1570 g/mol. The molecule has 0 aromatic heterocycles. The molecule has 1 heterocycles. The quantitative estimate of drug-likeness (QED) is 0.0252. The van der Waals surface area contributed by atoms with Gasteiger partial charge in [0.25, 0.3) is 0 Å². The molecule has 0 radical (unpaired) electrons. The standard InChI is InChI=1S/C15H28N2O6.C15H24N2O6.C14H24N2O5.C12H21NO6.C10H17NO3.C3H4BrN/c2*1-15(2,3)23-14(20)17-11(13(19)22-5)9-10(7-6-8-16)12(18)21-4;1-14(2,3)21-13(19)16-10(12(18)20-4)8-9-6-5-7-15-11(9)17;1-12(2,3)19-11(16)13-8(10(15)18-5)6-7-9(14)17-4;1-14-10(13)8(11)6-7-4-2-3-5-9(7)12;4-2-1-3-5/h10-11H,6-9,16H2,1-5H3,(H,17,20);10-11H,6-7,9H2,1-5H3,(H,17,20);9-10H,5-8H2,1-4H3,(H,15,17)(H,16,19);8H,6-7H2,1-5H3,(H,13,16);7-8H,2-6,11H2,1H3;1-2H2/t2*10-,11-;9-,10-;8-;7-,8-;/m00000./s1. The Bertz CT molecular complexity index is 2790. The van der Waals surface area contributed by atoms with Crippen LogP contribution in [-0.2, 0) is 105 Å². The summed E-state index contributed by atoms with van der Waals surface area (Å²) < 4.78 is 57.3. The summed E-state index contributed by atoms with van der Waals surface area (Å²) in [6.45, 7) is 21.5. The lowest BCUT2D eigenvalue weighted by Crippen LogP contribution is -2.47. The van der Waals surface area contributed by atoms with Crippen LogP contribution in [0.2, 0.25) is 0 Å². The summed E-state index contributed by atoms with van der Waals surface area (Å²) in [5.74, 6) is -5.97. The van der Waals surface area contributed by atoms with Crippen LogP contribution in [0.1, 0.15) is 192 Å². The summed E-state index contributed by atoms with van der Waals surface area (Å²) in [7, 11) is 9.87. The number of ether oxygens (including phenoxy) is 12. The van der Waals surface area contributed by atoms with E-state index in [9.17, 15) is 67.1 Å². The second-order valence-electron chi connectivity index (χ2n) is 27.3. The van der Waals surface area contributed by atoms with Crippen molar-refractivity contribution in [3.8, 4) is 12.1 Å². The molecule has 2 fully saturated rings. The lowest BCUT2D eigenvalue weighted by atomic mass is 9.84. The Labute approximate surface area is 625 Å².